The highest BCUT2D eigenvalue weighted by atomic mass is 16.5. The smallest absolute Gasteiger partial charge is 0.312 e. The molecule has 1 aliphatic rings. The fraction of sp³-hybridized carbons (Fsp3) is 0.786. The molecule has 6 amide bonds. The van der Waals surface area contributed by atoms with Crippen LogP contribution in [-0.4, -0.2) is 79.2 Å². The molecule has 1 fully saturated rings. The number of ketones is 1. The maximum Gasteiger partial charge on any atom is 0.312 e. The molecule has 1 aliphatic heterocycles. The SMILES string of the molecule is CC(C)CCOCCNC(=O)[C@H](CCCNC(N)=O)CC(=O)[C@@H](NC(=O)CN1C(=O)CC(C(C)C)C1=O)C(C)C. The number of rotatable bonds is 19. The Morgan fingerprint density at radius 3 is 2.20 bits per heavy atom. The Hall–Kier alpha value is -3.02. The van der Waals surface area contributed by atoms with Crippen LogP contribution in [0.4, 0.5) is 4.79 Å². The molecule has 0 aliphatic carbocycles. The summed E-state index contributed by atoms with van der Waals surface area (Å²) in [6.07, 6.45) is 1.60. The van der Waals surface area contributed by atoms with E-state index in [9.17, 15) is 28.8 Å². The van der Waals surface area contributed by atoms with Gasteiger partial charge in [0.05, 0.1) is 12.6 Å². The topological polar surface area (TPSA) is 177 Å². The Morgan fingerprint density at radius 2 is 1.65 bits per heavy atom. The molecule has 0 saturated carbocycles. The van der Waals surface area contributed by atoms with Crippen molar-refractivity contribution in [3.8, 4) is 0 Å². The fourth-order valence-electron chi connectivity index (χ4n) is 4.44. The van der Waals surface area contributed by atoms with Gasteiger partial charge >= 0.3 is 6.03 Å². The Bertz CT molecular complexity index is 890. The van der Waals surface area contributed by atoms with Crippen LogP contribution in [0.5, 0.6) is 0 Å². The van der Waals surface area contributed by atoms with Gasteiger partial charge in [-0.05, 0) is 37.0 Å². The standard InChI is InChI=1S/C28H49N5O7/c1-17(2)9-12-40-13-11-30-26(37)20(8-7-10-31-28(29)39)14-22(34)25(19(5)6)32-23(35)16-33-24(36)15-21(18(3)4)27(33)38/h17-21,25H,7-16H2,1-6H3,(H,30,37)(H,32,35)(H3,29,31,39)/t20-,21?,25+/m1/s1. The Balaban J connectivity index is 2.79. The van der Waals surface area contributed by atoms with Gasteiger partial charge in [-0.2, -0.15) is 0 Å². The average molecular weight is 568 g/mol. The van der Waals surface area contributed by atoms with Gasteiger partial charge in [-0.3, -0.25) is 28.9 Å². The zero-order valence-electron chi connectivity index (χ0n) is 24.9. The maximum atomic E-state index is 13.3. The molecule has 1 unspecified atom stereocenters. The summed E-state index contributed by atoms with van der Waals surface area (Å²) < 4.78 is 5.54. The monoisotopic (exact) mass is 567 g/mol. The van der Waals surface area contributed by atoms with Gasteiger partial charge in [-0.15, -0.1) is 0 Å². The molecule has 0 spiro atoms. The molecule has 0 aromatic rings. The van der Waals surface area contributed by atoms with Crippen LogP contribution in [0.15, 0.2) is 0 Å². The van der Waals surface area contributed by atoms with Crippen molar-refractivity contribution >= 4 is 35.4 Å². The summed E-state index contributed by atoms with van der Waals surface area (Å²) in [6.45, 7) is 12.5. The molecular weight excluding hydrogens is 518 g/mol. The first-order chi connectivity index (χ1) is 18.7. The summed E-state index contributed by atoms with van der Waals surface area (Å²) in [4.78, 5) is 75.9. The largest absolute Gasteiger partial charge is 0.380 e. The third-order valence-corrected chi connectivity index (χ3v) is 6.95. The van der Waals surface area contributed by atoms with Crippen LogP contribution in [0, 0.1) is 29.6 Å². The minimum absolute atomic E-state index is 0.0256. The van der Waals surface area contributed by atoms with Gasteiger partial charge in [-0.25, -0.2) is 4.79 Å². The molecule has 1 heterocycles. The van der Waals surface area contributed by atoms with Crippen molar-refractivity contribution in [1.29, 1.82) is 0 Å². The zero-order chi connectivity index (χ0) is 30.4. The molecule has 5 N–H and O–H groups in total. The van der Waals surface area contributed by atoms with Crippen LogP contribution >= 0.6 is 0 Å². The van der Waals surface area contributed by atoms with Gasteiger partial charge in [0, 0.05) is 44.4 Å². The molecule has 0 radical (unpaired) electrons. The first kappa shape index (κ1) is 35.0. The lowest BCUT2D eigenvalue weighted by Gasteiger charge is -2.25. The summed E-state index contributed by atoms with van der Waals surface area (Å²) in [5.41, 5.74) is 5.11. The quantitative estimate of drug-likeness (QED) is 0.134. The summed E-state index contributed by atoms with van der Waals surface area (Å²) in [5.74, 6) is -2.98. The Morgan fingerprint density at radius 1 is 0.975 bits per heavy atom. The number of hydrogen-bond donors (Lipinski definition) is 4. The molecule has 228 valence electrons. The first-order valence-corrected chi connectivity index (χ1v) is 14.3. The second-order valence-corrected chi connectivity index (χ2v) is 11.5. The van der Waals surface area contributed by atoms with E-state index >= 15 is 0 Å². The van der Waals surface area contributed by atoms with Crippen molar-refractivity contribution in [2.24, 2.45) is 35.3 Å². The molecule has 12 nitrogen and oxygen atoms in total. The summed E-state index contributed by atoms with van der Waals surface area (Å²) in [7, 11) is 0. The van der Waals surface area contributed by atoms with Crippen molar-refractivity contribution in [1.82, 2.24) is 20.9 Å². The number of ether oxygens (including phenoxy) is 1. The molecule has 40 heavy (non-hydrogen) atoms. The Kier molecular flexibility index (Phi) is 15.4. The van der Waals surface area contributed by atoms with E-state index in [4.69, 9.17) is 10.5 Å². The van der Waals surface area contributed by atoms with Crippen molar-refractivity contribution in [3.63, 3.8) is 0 Å². The highest BCUT2D eigenvalue weighted by Crippen LogP contribution is 2.26. The number of primary amides is 1. The molecule has 0 bridgehead atoms. The van der Waals surface area contributed by atoms with Gasteiger partial charge in [0.1, 0.15) is 6.54 Å². The number of carbonyl (C=O) groups is 6. The summed E-state index contributed by atoms with van der Waals surface area (Å²) in [5, 5.41) is 7.95. The van der Waals surface area contributed by atoms with Crippen LogP contribution in [0.25, 0.3) is 0 Å². The highest BCUT2D eigenvalue weighted by molar-refractivity contribution is 6.06. The third kappa shape index (κ3) is 12.4. The van der Waals surface area contributed by atoms with E-state index in [1.165, 1.54) is 0 Å². The number of carbonyl (C=O) groups excluding carboxylic acids is 6. The first-order valence-electron chi connectivity index (χ1n) is 14.3. The van der Waals surface area contributed by atoms with E-state index in [2.05, 4.69) is 29.8 Å². The van der Waals surface area contributed by atoms with E-state index in [-0.39, 0.29) is 48.8 Å². The second kappa shape index (κ2) is 17.6. The van der Waals surface area contributed by atoms with Gasteiger partial charge in [0.25, 0.3) is 0 Å². The number of hydrogen-bond acceptors (Lipinski definition) is 7. The molecule has 0 aromatic carbocycles. The van der Waals surface area contributed by atoms with Crippen molar-refractivity contribution < 1.29 is 33.5 Å². The molecule has 0 aromatic heterocycles. The third-order valence-electron chi connectivity index (χ3n) is 6.95. The lowest BCUT2D eigenvalue weighted by Crippen LogP contribution is -2.50. The minimum Gasteiger partial charge on any atom is -0.380 e. The second-order valence-electron chi connectivity index (χ2n) is 11.5. The van der Waals surface area contributed by atoms with Crippen LogP contribution in [0.1, 0.15) is 73.6 Å². The number of urea groups is 1. The zero-order valence-corrected chi connectivity index (χ0v) is 24.9. The summed E-state index contributed by atoms with van der Waals surface area (Å²) in [6, 6.07) is -1.58. The van der Waals surface area contributed by atoms with Gasteiger partial charge in [-0.1, -0.05) is 41.5 Å². The predicted molar refractivity (Wildman–Crippen MR) is 150 cm³/mol. The maximum absolute atomic E-state index is 13.3. The molecule has 1 rings (SSSR count). The van der Waals surface area contributed by atoms with E-state index in [0.29, 0.717) is 38.5 Å². The number of imide groups is 1. The number of nitrogens with one attached hydrogen (secondary N) is 3. The minimum atomic E-state index is -0.903. The lowest BCUT2D eigenvalue weighted by molar-refractivity contribution is -0.144. The molecule has 1 saturated heterocycles. The molecular formula is C28H49N5O7. The van der Waals surface area contributed by atoms with Crippen LogP contribution in [0.3, 0.4) is 0 Å². The highest BCUT2D eigenvalue weighted by Gasteiger charge is 2.41. The number of likely N-dealkylation sites (tertiary alicyclic amines) is 1. The average Bonchev–Trinajstić information content (AvgIpc) is 3.14. The van der Waals surface area contributed by atoms with Gasteiger partial charge in [0.15, 0.2) is 5.78 Å². The lowest BCUT2D eigenvalue weighted by atomic mass is 9.89. The normalized spacial score (nSPS) is 16.9. The predicted octanol–water partition coefficient (Wildman–Crippen LogP) is 1.36. The van der Waals surface area contributed by atoms with Crippen LogP contribution < -0.4 is 21.7 Å². The number of Topliss-reactive ketones (excluding diaryl/α,β-unsaturated/α-hetero) is 1. The van der Waals surface area contributed by atoms with E-state index in [1.807, 2.05) is 13.8 Å². The van der Waals surface area contributed by atoms with Crippen LogP contribution in [0.2, 0.25) is 0 Å². The fourth-order valence-corrected chi connectivity index (χ4v) is 4.44. The molecule has 12 heteroatoms. The molecule has 3 atom stereocenters. The van der Waals surface area contributed by atoms with E-state index in [1.54, 1.807) is 13.8 Å². The van der Waals surface area contributed by atoms with Crippen molar-refractivity contribution in [2.75, 3.05) is 32.8 Å². The van der Waals surface area contributed by atoms with E-state index in [0.717, 1.165) is 11.3 Å². The summed E-state index contributed by atoms with van der Waals surface area (Å²) >= 11 is 0. The van der Waals surface area contributed by atoms with Gasteiger partial charge < -0.3 is 26.4 Å². The van der Waals surface area contributed by atoms with Crippen molar-refractivity contribution in [2.45, 2.75) is 79.7 Å². The van der Waals surface area contributed by atoms with Gasteiger partial charge in [0.2, 0.25) is 23.6 Å². The number of amides is 6. The number of nitrogens with two attached hydrogens (primary N) is 1. The Labute approximate surface area is 237 Å². The van der Waals surface area contributed by atoms with Crippen LogP contribution in [-0.2, 0) is 28.7 Å². The van der Waals surface area contributed by atoms with Crippen molar-refractivity contribution in [3.05, 3.63) is 0 Å². The number of nitrogens with zero attached hydrogens (tertiary/aromatic N) is 1. The van der Waals surface area contributed by atoms with E-state index < -0.39 is 42.3 Å².